The molecule has 3 N–H and O–H groups in total. The zero-order valence-corrected chi connectivity index (χ0v) is 64.5. The highest BCUT2D eigenvalue weighted by molar-refractivity contribution is 7.47. The molecule has 0 aromatic carbocycles. The average molecular weight is 1410 g/mol. The number of phosphoric ester groups is 2. The van der Waals surface area contributed by atoms with Gasteiger partial charge in [0.2, 0.25) is 0 Å². The van der Waals surface area contributed by atoms with Gasteiger partial charge in [-0.3, -0.25) is 37.3 Å². The Balaban J connectivity index is 5.26. The van der Waals surface area contributed by atoms with E-state index in [1.165, 1.54) is 218 Å². The molecule has 0 aromatic heterocycles. The molecule has 17 nitrogen and oxygen atoms in total. The Bertz CT molecular complexity index is 1860. The van der Waals surface area contributed by atoms with Crippen molar-refractivity contribution in [2.75, 3.05) is 39.6 Å². The summed E-state index contributed by atoms with van der Waals surface area (Å²) >= 11 is 0. The summed E-state index contributed by atoms with van der Waals surface area (Å²) in [5, 5.41) is 10.6. The van der Waals surface area contributed by atoms with Gasteiger partial charge in [0, 0.05) is 25.7 Å². The van der Waals surface area contributed by atoms with Crippen LogP contribution in [0.3, 0.4) is 0 Å². The fourth-order valence-corrected chi connectivity index (χ4v) is 13.4. The molecular weight excluding hydrogens is 1260 g/mol. The molecule has 19 heteroatoms. The second kappa shape index (κ2) is 68.8. The highest BCUT2D eigenvalue weighted by Gasteiger charge is 2.30. The number of unbranched alkanes of at least 4 members (excludes halogenated alkanes) is 46. The molecule has 0 saturated carbocycles. The van der Waals surface area contributed by atoms with Crippen molar-refractivity contribution < 1.29 is 80.2 Å². The van der Waals surface area contributed by atoms with E-state index < -0.39 is 97.5 Å². The molecule has 0 spiro atoms. The second-order valence-corrected chi connectivity index (χ2v) is 31.6. The molecule has 2 unspecified atom stereocenters. The van der Waals surface area contributed by atoms with Crippen LogP contribution in [0.25, 0.3) is 0 Å². The third kappa shape index (κ3) is 70.5. The van der Waals surface area contributed by atoms with Gasteiger partial charge in [-0.1, -0.05) is 350 Å². The van der Waals surface area contributed by atoms with Crippen molar-refractivity contribution in [1.82, 2.24) is 0 Å². The van der Waals surface area contributed by atoms with Gasteiger partial charge in [0.25, 0.3) is 0 Å². The molecule has 0 fully saturated rings. The summed E-state index contributed by atoms with van der Waals surface area (Å²) in [5.74, 6) is -0.573. The van der Waals surface area contributed by atoms with Crippen molar-refractivity contribution >= 4 is 39.5 Å². The molecule has 0 aliphatic rings. The third-order valence-electron chi connectivity index (χ3n) is 18.0. The number of esters is 4. The molecule has 0 bridgehead atoms. The molecule has 0 heterocycles. The first-order valence-electron chi connectivity index (χ1n) is 40.0. The van der Waals surface area contributed by atoms with E-state index in [0.717, 1.165) is 102 Å². The molecule has 0 aromatic rings. The molecule has 96 heavy (non-hydrogen) atoms. The van der Waals surface area contributed by atoms with E-state index in [9.17, 15) is 43.2 Å². The first-order valence-corrected chi connectivity index (χ1v) is 43.0. The molecule has 0 aliphatic carbocycles. The maximum atomic E-state index is 13.1. The minimum atomic E-state index is -4.96. The van der Waals surface area contributed by atoms with E-state index in [1.54, 1.807) is 0 Å². The van der Waals surface area contributed by atoms with Crippen LogP contribution < -0.4 is 0 Å². The number of phosphoric acid groups is 2. The lowest BCUT2D eigenvalue weighted by Gasteiger charge is -2.21. The molecule has 0 saturated heterocycles. The smallest absolute Gasteiger partial charge is 0.462 e. The number of rotatable bonds is 76. The van der Waals surface area contributed by atoms with Gasteiger partial charge in [0.05, 0.1) is 26.4 Å². The predicted octanol–water partition coefficient (Wildman–Crippen LogP) is 22.7. The Morgan fingerprint density at radius 1 is 0.281 bits per heavy atom. The zero-order valence-electron chi connectivity index (χ0n) is 62.7. The van der Waals surface area contributed by atoms with E-state index in [1.807, 2.05) is 0 Å². The summed E-state index contributed by atoms with van der Waals surface area (Å²) in [4.78, 5) is 72.9. The van der Waals surface area contributed by atoms with E-state index in [4.69, 9.17) is 37.0 Å². The first-order chi connectivity index (χ1) is 46.4. The van der Waals surface area contributed by atoms with Crippen molar-refractivity contribution in [2.45, 2.75) is 419 Å². The highest BCUT2D eigenvalue weighted by Crippen LogP contribution is 2.45. The predicted molar refractivity (Wildman–Crippen MR) is 391 cm³/mol. The Labute approximate surface area is 588 Å². The molecule has 0 aliphatic heterocycles. The van der Waals surface area contributed by atoms with Gasteiger partial charge >= 0.3 is 39.5 Å². The van der Waals surface area contributed by atoms with Gasteiger partial charge < -0.3 is 33.8 Å². The average Bonchev–Trinajstić information content (AvgIpc) is 1.31. The summed E-state index contributed by atoms with van der Waals surface area (Å²) in [5.41, 5.74) is 0. The highest BCUT2D eigenvalue weighted by atomic mass is 31.2. The fraction of sp³-hybridized carbons (Fsp3) is 0.948. The van der Waals surface area contributed by atoms with Gasteiger partial charge in [0.1, 0.15) is 19.3 Å². The molecule has 570 valence electrons. The van der Waals surface area contributed by atoms with Crippen molar-refractivity contribution in [1.29, 1.82) is 0 Å². The van der Waals surface area contributed by atoms with E-state index in [0.29, 0.717) is 25.7 Å². The van der Waals surface area contributed by atoms with Crippen LogP contribution in [-0.2, 0) is 65.4 Å². The van der Waals surface area contributed by atoms with Crippen molar-refractivity contribution in [3.05, 3.63) is 0 Å². The van der Waals surface area contributed by atoms with Crippen molar-refractivity contribution in [2.24, 2.45) is 11.8 Å². The lowest BCUT2D eigenvalue weighted by molar-refractivity contribution is -0.161. The fourth-order valence-electron chi connectivity index (χ4n) is 11.8. The van der Waals surface area contributed by atoms with Crippen LogP contribution in [0, 0.1) is 11.8 Å². The van der Waals surface area contributed by atoms with Gasteiger partial charge in [-0.2, -0.15) is 0 Å². The van der Waals surface area contributed by atoms with Crippen LogP contribution in [0.2, 0.25) is 0 Å². The standard InChI is InChI=1S/C77H150O17P2/c1-7-9-11-13-15-17-19-21-22-25-29-36-42-48-54-60-75(80)88-65-72(93-76(81)61-55-49-43-37-30-26-23-24-27-33-39-45-51-57-69(3)4)67-91-95(83,84)89-63-71(78)64-90-96(85,86)92-68-73(66-87-74(79)59-53-47-41-35-28-20-18-16-14-12-10-8-2)94-77(82)62-56-50-44-38-32-31-34-40-46-52-58-70(5)6/h69-73,78H,7-68H2,1-6H3,(H,83,84)(H,85,86)/t71-,72-,73-/m1/s1. The Hall–Kier alpha value is -1.94. The number of hydrogen-bond donors (Lipinski definition) is 3. The van der Waals surface area contributed by atoms with E-state index in [-0.39, 0.29) is 25.7 Å². The molecule has 0 radical (unpaired) electrons. The molecular formula is C77H150O17P2. The quantitative estimate of drug-likeness (QED) is 0.0222. The van der Waals surface area contributed by atoms with Gasteiger partial charge in [0.15, 0.2) is 12.2 Å². The minimum absolute atomic E-state index is 0.106. The second-order valence-electron chi connectivity index (χ2n) is 28.7. The monoisotopic (exact) mass is 1410 g/mol. The van der Waals surface area contributed by atoms with E-state index >= 15 is 0 Å². The van der Waals surface area contributed by atoms with Crippen LogP contribution in [-0.4, -0.2) is 96.7 Å². The van der Waals surface area contributed by atoms with Crippen LogP contribution in [0.15, 0.2) is 0 Å². The number of hydrogen-bond acceptors (Lipinski definition) is 15. The summed E-state index contributed by atoms with van der Waals surface area (Å²) < 4.78 is 68.6. The maximum Gasteiger partial charge on any atom is 0.472 e. The summed E-state index contributed by atoms with van der Waals surface area (Å²) in [6, 6.07) is 0. The molecule has 0 amide bonds. The number of aliphatic hydroxyl groups is 1. The van der Waals surface area contributed by atoms with Gasteiger partial charge in [-0.25, -0.2) is 9.13 Å². The van der Waals surface area contributed by atoms with Crippen LogP contribution in [0.1, 0.15) is 401 Å². The van der Waals surface area contributed by atoms with Crippen LogP contribution in [0.4, 0.5) is 0 Å². The lowest BCUT2D eigenvalue weighted by atomic mass is 10.0. The van der Waals surface area contributed by atoms with Crippen LogP contribution >= 0.6 is 15.6 Å². The SMILES string of the molecule is CCCCCCCCCCCCCCCCCC(=O)OC[C@H](COP(=O)(O)OC[C@@H](O)COP(=O)(O)OC[C@@H](COC(=O)CCCCCCCCCCCCCC)OC(=O)CCCCCCCCCCCCC(C)C)OC(=O)CCCCCCCCCCCCCCCC(C)C. The zero-order chi connectivity index (χ0) is 70.7. The minimum Gasteiger partial charge on any atom is -0.462 e. The summed E-state index contributed by atoms with van der Waals surface area (Å²) in [7, 11) is -9.91. The largest absolute Gasteiger partial charge is 0.472 e. The molecule has 0 rings (SSSR count). The Kier molecular flexibility index (Phi) is 67.4. The Morgan fingerprint density at radius 2 is 0.479 bits per heavy atom. The van der Waals surface area contributed by atoms with Gasteiger partial charge in [-0.05, 0) is 37.5 Å². The van der Waals surface area contributed by atoms with Crippen LogP contribution in [0.5, 0.6) is 0 Å². The topological polar surface area (TPSA) is 237 Å². The summed E-state index contributed by atoms with van der Waals surface area (Å²) in [6.07, 6.45) is 56.7. The number of aliphatic hydroxyl groups excluding tert-OH is 1. The van der Waals surface area contributed by atoms with E-state index in [2.05, 4.69) is 41.5 Å². The summed E-state index contributed by atoms with van der Waals surface area (Å²) in [6.45, 7) is 9.62. The molecule has 5 atom stereocenters. The maximum absolute atomic E-state index is 13.1. The normalized spacial score (nSPS) is 14.0. The number of ether oxygens (including phenoxy) is 4. The van der Waals surface area contributed by atoms with Crippen molar-refractivity contribution in [3.63, 3.8) is 0 Å². The Morgan fingerprint density at radius 3 is 0.708 bits per heavy atom. The number of carbonyl (C=O) groups is 4. The van der Waals surface area contributed by atoms with Gasteiger partial charge in [-0.15, -0.1) is 0 Å². The third-order valence-corrected chi connectivity index (χ3v) is 19.9. The van der Waals surface area contributed by atoms with Crippen molar-refractivity contribution in [3.8, 4) is 0 Å². The lowest BCUT2D eigenvalue weighted by Crippen LogP contribution is -2.30. The first kappa shape index (κ1) is 94.1. The number of carbonyl (C=O) groups excluding carboxylic acids is 4.